The smallest absolute Gasteiger partial charge is 0.257 e. The second kappa shape index (κ2) is 14.1. The SMILES string of the molecule is C[C@H](NCc1cccc(C(=O)Nc2nc3cc(N(C)C(=O)CC4CCCC4)ccc3n2CCCN2CCCC2=O)c1)C(C)(C)C. The second-order valence-corrected chi connectivity index (χ2v) is 14.0. The van der Waals surface area contributed by atoms with Crippen molar-refractivity contribution in [2.24, 2.45) is 11.3 Å². The maximum Gasteiger partial charge on any atom is 0.257 e. The lowest BCUT2D eigenvalue weighted by atomic mass is 9.88. The van der Waals surface area contributed by atoms with Crippen molar-refractivity contribution in [3.63, 3.8) is 0 Å². The number of benzene rings is 2. The van der Waals surface area contributed by atoms with E-state index in [1.807, 2.05) is 59.0 Å². The summed E-state index contributed by atoms with van der Waals surface area (Å²) < 4.78 is 2.02. The highest BCUT2D eigenvalue weighted by Crippen LogP contribution is 2.30. The molecule has 1 aliphatic carbocycles. The number of carbonyl (C=O) groups excluding carboxylic acids is 3. The molecule has 0 radical (unpaired) electrons. The summed E-state index contributed by atoms with van der Waals surface area (Å²) in [6.45, 7) is 11.5. The van der Waals surface area contributed by atoms with Crippen LogP contribution in [0.4, 0.5) is 11.6 Å². The minimum atomic E-state index is -0.226. The Kier molecular flexibility index (Phi) is 10.3. The van der Waals surface area contributed by atoms with Gasteiger partial charge < -0.3 is 19.7 Å². The zero-order valence-electron chi connectivity index (χ0n) is 27.7. The van der Waals surface area contributed by atoms with Gasteiger partial charge in [-0.1, -0.05) is 45.7 Å². The maximum absolute atomic E-state index is 13.6. The van der Waals surface area contributed by atoms with Gasteiger partial charge in [0.15, 0.2) is 0 Å². The molecular formula is C36H50N6O3. The minimum absolute atomic E-state index is 0.121. The first kappa shape index (κ1) is 32.7. The van der Waals surface area contributed by atoms with E-state index >= 15 is 0 Å². The van der Waals surface area contributed by atoms with E-state index in [4.69, 9.17) is 4.98 Å². The molecule has 3 amide bonds. The molecular weight excluding hydrogens is 564 g/mol. The summed E-state index contributed by atoms with van der Waals surface area (Å²) in [4.78, 5) is 47.3. The fourth-order valence-corrected chi connectivity index (χ4v) is 6.32. The van der Waals surface area contributed by atoms with Crippen LogP contribution >= 0.6 is 0 Å². The number of amides is 3. The van der Waals surface area contributed by atoms with Gasteiger partial charge in [0.25, 0.3) is 5.91 Å². The summed E-state index contributed by atoms with van der Waals surface area (Å²) in [6.07, 6.45) is 7.53. The Morgan fingerprint density at radius 3 is 2.56 bits per heavy atom. The largest absolute Gasteiger partial charge is 0.343 e. The zero-order valence-corrected chi connectivity index (χ0v) is 27.7. The lowest BCUT2D eigenvalue weighted by Gasteiger charge is -2.28. The van der Waals surface area contributed by atoms with Gasteiger partial charge in [0.05, 0.1) is 11.0 Å². The fourth-order valence-electron chi connectivity index (χ4n) is 6.32. The molecule has 2 aromatic carbocycles. The van der Waals surface area contributed by atoms with E-state index < -0.39 is 0 Å². The van der Waals surface area contributed by atoms with E-state index in [0.717, 1.165) is 54.5 Å². The lowest BCUT2D eigenvalue weighted by Crippen LogP contribution is -2.37. The summed E-state index contributed by atoms with van der Waals surface area (Å²) in [6, 6.07) is 13.9. The number of rotatable bonds is 12. The second-order valence-electron chi connectivity index (χ2n) is 14.0. The van der Waals surface area contributed by atoms with Gasteiger partial charge in [-0.3, -0.25) is 19.7 Å². The van der Waals surface area contributed by atoms with E-state index in [9.17, 15) is 14.4 Å². The van der Waals surface area contributed by atoms with E-state index in [0.29, 0.717) is 55.9 Å². The maximum atomic E-state index is 13.6. The minimum Gasteiger partial charge on any atom is -0.343 e. The van der Waals surface area contributed by atoms with E-state index in [-0.39, 0.29) is 23.1 Å². The zero-order chi connectivity index (χ0) is 32.1. The normalized spacial score (nSPS) is 16.5. The average Bonchev–Trinajstić information content (AvgIpc) is 3.75. The topological polar surface area (TPSA) is 99.6 Å². The van der Waals surface area contributed by atoms with Crippen LogP contribution in [0.15, 0.2) is 42.5 Å². The Bertz CT molecular complexity index is 1520. The highest BCUT2D eigenvalue weighted by molar-refractivity contribution is 6.04. The lowest BCUT2D eigenvalue weighted by molar-refractivity contribution is -0.127. The summed E-state index contributed by atoms with van der Waals surface area (Å²) in [7, 11) is 1.83. The molecule has 1 aliphatic heterocycles. The molecule has 2 heterocycles. The van der Waals surface area contributed by atoms with Crippen molar-refractivity contribution in [1.82, 2.24) is 19.8 Å². The van der Waals surface area contributed by atoms with E-state index in [1.165, 1.54) is 12.8 Å². The van der Waals surface area contributed by atoms with Gasteiger partial charge >= 0.3 is 0 Å². The van der Waals surface area contributed by atoms with Crippen molar-refractivity contribution in [1.29, 1.82) is 0 Å². The summed E-state index contributed by atoms with van der Waals surface area (Å²) >= 11 is 0. The quantitative estimate of drug-likeness (QED) is 0.247. The standard InChI is InChI=1S/C36H50N6O3/c1-25(36(2,3)4)37-24-27-13-8-14-28(21-27)34(45)39-35-38-30-23-29(40(5)33(44)22-26-11-6-7-12-26)16-17-31(30)42(35)20-10-19-41-18-9-15-32(41)43/h8,13-14,16-17,21,23,25-26,37H,6-7,9-12,15,18-20,22,24H2,1-5H3,(H,38,39,45)/t25-/m0/s1. The molecule has 9 heteroatoms. The van der Waals surface area contributed by atoms with Gasteiger partial charge in [-0.05, 0) is 79.8 Å². The molecule has 9 nitrogen and oxygen atoms in total. The van der Waals surface area contributed by atoms with Crippen molar-refractivity contribution in [3.8, 4) is 0 Å². The van der Waals surface area contributed by atoms with Crippen LogP contribution in [-0.2, 0) is 22.7 Å². The third kappa shape index (κ3) is 8.12. The van der Waals surface area contributed by atoms with Crippen LogP contribution in [0.2, 0.25) is 0 Å². The predicted molar refractivity (Wildman–Crippen MR) is 180 cm³/mol. The number of hydrogen-bond acceptors (Lipinski definition) is 5. The molecule has 1 atom stereocenters. The summed E-state index contributed by atoms with van der Waals surface area (Å²) in [5.41, 5.74) is 4.13. The van der Waals surface area contributed by atoms with E-state index in [1.54, 1.807) is 4.90 Å². The first-order valence-electron chi connectivity index (χ1n) is 16.7. The molecule has 2 N–H and O–H groups in total. The number of anilines is 2. The molecule has 2 aliphatic rings. The van der Waals surface area contributed by atoms with E-state index in [2.05, 4.69) is 38.3 Å². The molecule has 1 saturated heterocycles. The number of aryl methyl sites for hydroxylation is 1. The van der Waals surface area contributed by atoms with Gasteiger partial charge in [0, 0.05) is 63.4 Å². The van der Waals surface area contributed by atoms with Crippen molar-refractivity contribution >= 4 is 40.4 Å². The van der Waals surface area contributed by atoms with Gasteiger partial charge in [-0.2, -0.15) is 0 Å². The van der Waals surface area contributed by atoms with Gasteiger partial charge in [-0.15, -0.1) is 0 Å². The van der Waals surface area contributed by atoms with Crippen LogP contribution < -0.4 is 15.5 Å². The van der Waals surface area contributed by atoms with Crippen LogP contribution in [0, 0.1) is 11.3 Å². The predicted octanol–water partition coefficient (Wildman–Crippen LogP) is 6.37. The van der Waals surface area contributed by atoms with Crippen molar-refractivity contribution in [2.75, 3.05) is 30.4 Å². The molecule has 0 spiro atoms. The Balaban J connectivity index is 1.35. The first-order valence-corrected chi connectivity index (χ1v) is 16.7. The molecule has 45 heavy (non-hydrogen) atoms. The number of aromatic nitrogens is 2. The number of hydrogen-bond donors (Lipinski definition) is 2. The number of nitrogens with zero attached hydrogens (tertiary/aromatic N) is 4. The molecule has 0 bridgehead atoms. The van der Waals surface area contributed by atoms with Crippen LogP contribution in [0.1, 0.15) is 95.0 Å². The number of likely N-dealkylation sites (tertiary alicyclic amines) is 1. The highest BCUT2D eigenvalue weighted by Gasteiger charge is 2.24. The van der Waals surface area contributed by atoms with Gasteiger partial charge in [-0.25, -0.2) is 4.98 Å². The number of carbonyl (C=O) groups is 3. The van der Waals surface area contributed by atoms with Crippen LogP contribution in [0.5, 0.6) is 0 Å². The average molecular weight is 615 g/mol. The number of imidazole rings is 1. The van der Waals surface area contributed by atoms with Crippen LogP contribution in [0.3, 0.4) is 0 Å². The molecule has 1 saturated carbocycles. The number of nitrogens with one attached hydrogen (secondary N) is 2. The number of fused-ring (bicyclic) bond motifs is 1. The molecule has 2 fully saturated rings. The highest BCUT2D eigenvalue weighted by atomic mass is 16.2. The van der Waals surface area contributed by atoms with Crippen molar-refractivity contribution < 1.29 is 14.4 Å². The third-order valence-corrected chi connectivity index (χ3v) is 9.74. The van der Waals surface area contributed by atoms with Crippen LogP contribution in [0.25, 0.3) is 11.0 Å². The van der Waals surface area contributed by atoms with Crippen LogP contribution in [-0.4, -0.2) is 58.4 Å². The Hall–Kier alpha value is -3.72. The Morgan fingerprint density at radius 1 is 1.07 bits per heavy atom. The summed E-state index contributed by atoms with van der Waals surface area (Å²) in [5, 5.41) is 6.64. The molecule has 1 aromatic heterocycles. The first-order chi connectivity index (χ1) is 21.5. The Morgan fingerprint density at radius 2 is 1.84 bits per heavy atom. The molecule has 5 rings (SSSR count). The molecule has 0 unspecified atom stereocenters. The van der Waals surface area contributed by atoms with Gasteiger partial charge in [0.1, 0.15) is 0 Å². The summed E-state index contributed by atoms with van der Waals surface area (Å²) in [5.74, 6) is 1.04. The monoisotopic (exact) mass is 614 g/mol. The van der Waals surface area contributed by atoms with Gasteiger partial charge in [0.2, 0.25) is 17.8 Å². The van der Waals surface area contributed by atoms with Crippen molar-refractivity contribution in [3.05, 3.63) is 53.6 Å². The fraction of sp³-hybridized carbons (Fsp3) is 0.556. The third-order valence-electron chi connectivity index (χ3n) is 9.74. The molecule has 3 aromatic rings. The molecule has 242 valence electrons. The van der Waals surface area contributed by atoms with Crippen molar-refractivity contribution in [2.45, 2.75) is 98.2 Å². The Labute approximate surface area is 267 Å².